The highest BCUT2D eigenvalue weighted by Crippen LogP contribution is 2.29. The average Bonchev–Trinajstić information content (AvgIpc) is 3.40. The van der Waals surface area contributed by atoms with E-state index in [1.165, 1.54) is 5.56 Å². The normalized spacial score (nSPS) is 13.5. The van der Waals surface area contributed by atoms with Crippen LogP contribution < -0.4 is 0 Å². The molecule has 2 unspecified atom stereocenters. The number of benzene rings is 1. The van der Waals surface area contributed by atoms with Crippen molar-refractivity contribution in [3.8, 4) is 11.4 Å². The molecule has 0 aliphatic carbocycles. The number of hydrogen-bond acceptors (Lipinski definition) is 4. The fourth-order valence-corrected chi connectivity index (χ4v) is 3.71. The van der Waals surface area contributed by atoms with E-state index in [2.05, 4.69) is 34.0 Å². The third-order valence-electron chi connectivity index (χ3n) is 4.58. The molecule has 4 rings (SSSR count). The summed E-state index contributed by atoms with van der Waals surface area (Å²) < 4.78 is 0. The number of hydrogen-bond donors (Lipinski definition) is 2. The first-order valence-corrected chi connectivity index (χ1v) is 9.37. The highest BCUT2D eigenvalue weighted by molar-refractivity contribution is 7.10. The van der Waals surface area contributed by atoms with E-state index in [0.717, 1.165) is 27.5 Å². The van der Waals surface area contributed by atoms with Crippen molar-refractivity contribution in [1.29, 1.82) is 0 Å². The van der Waals surface area contributed by atoms with Crippen LogP contribution in [0.25, 0.3) is 11.4 Å². The predicted octanol–water partition coefficient (Wildman–Crippen LogP) is 4.77. The molecule has 0 saturated heterocycles. The molecule has 3 aromatic heterocycles. The van der Waals surface area contributed by atoms with Gasteiger partial charge in [-0.3, -0.25) is 4.98 Å². The van der Waals surface area contributed by atoms with Crippen molar-refractivity contribution >= 4 is 11.3 Å². The van der Waals surface area contributed by atoms with Gasteiger partial charge < -0.3 is 10.1 Å². The number of rotatable bonds is 5. The second-order valence-corrected chi connectivity index (χ2v) is 7.21. The van der Waals surface area contributed by atoms with Crippen molar-refractivity contribution in [2.45, 2.75) is 18.9 Å². The Morgan fingerprint density at radius 2 is 1.73 bits per heavy atom. The van der Waals surface area contributed by atoms with Gasteiger partial charge in [-0.25, -0.2) is 4.98 Å². The zero-order valence-corrected chi connectivity index (χ0v) is 15.1. The maximum Gasteiger partial charge on any atom is 0.137 e. The second kappa shape index (κ2) is 7.23. The standard InChI is InChI=1S/C21H19N3OS/c1-14(18-13-23-21(24-18)17-8-10-22-11-9-17)15-4-6-16(7-5-15)20(25)19-3-2-12-26-19/h2-14,20,25H,1H3,(H,23,24). The van der Waals surface area contributed by atoms with Crippen LogP contribution in [0.3, 0.4) is 0 Å². The first-order valence-electron chi connectivity index (χ1n) is 8.49. The Kier molecular flexibility index (Phi) is 4.65. The molecule has 2 N–H and O–H groups in total. The van der Waals surface area contributed by atoms with Gasteiger partial charge in [0, 0.05) is 40.6 Å². The summed E-state index contributed by atoms with van der Waals surface area (Å²) in [6, 6.07) is 15.9. The maximum absolute atomic E-state index is 10.4. The van der Waals surface area contributed by atoms with Crippen molar-refractivity contribution in [3.05, 3.63) is 94.2 Å². The van der Waals surface area contributed by atoms with Gasteiger partial charge in [-0.1, -0.05) is 37.3 Å². The van der Waals surface area contributed by atoms with Crippen LogP contribution in [-0.4, -0.2) is 20.1 Å². The predicted molar refractivity (Wildman–Crippen MR) is 104 cm³/mol. The maximum atomic E-state index is 10.4. The van der Waals surface area contributed by atoms with Gasteiger partial charge in [0.25, 0.3) is 0 Å². The Hall–Kier alpha value is -2.76. The van der Waals surface area contributed by atoms with Crippen molar-refractivity contribution < 1.29 is 5.11 Å². The number of aromatic amines is 1. The Bertz CT molecular complexity index is 962. The topological polar surface area (TPSA) is 61.8 Å². The molecule has 1 aromatic carbocycles. The van der Waals surface area contributed by atoms with Gasteiger partial charge in [0.15, 0.2) is 0 Å². The molecule has 26 heavy (non-hydrogen) atoms. The summed E-state index contributed by atoms with van der Waals surface area (Å²) in [6.45, 7) is 2.15. The van der Waals surface area contributed by atoms with E-state index < -0.39 is 6.10 Å². The van der Waals surface area contributed by atoms with Crippen LogP contribution in [0.5, 0.6) is 0 Å². The van der Waals surface area contributed by atoms with Crippen molar-refractivity contribution in [2.24, 2.45) is 0 Å². The largest absolute Gasteiger partial charge is 0.383 e. The molecule has 2 atom stereocenters. The zero-order chi connectivity index (χ0) is 17.9. The monoisotopic (exact) mass is 361 g/mol. The van der Waals surface area contributed by atoms with Crippen LogP contribution >= 0.6 is 11.3 Å². The summed E-state index contributed by atoms with van der Waals surface area (Å²) >= 11 is 1.57. The average molecular weight is 361 g/mol. The molecular weight excluding hydrogens is 342 g/mol. The molecule has 0 amide bonds. The lowest BCUT2D eigenvalue weighted by molar-refractivity contribution is 0.224. The molecule has 0 saturated carbocycles. The van der Waals surface area contributed by atoms with Crippen LogP contribution in [0.2, 0.25) is 0 Å². The van der Waals surface area contributed by atoms with E-state index in [4.69, 9.17) is 0 Å². The minimum Gasteiger partial charge on any atom is -0.383 e. The second-order valence-electron chi connectivity index (χ2n) is 6.23. The molecule has 0 aliphatic rings. The highest BCUT2D eigenvalue weighted by Gasteiger charge is 2.15. The molecule has 3 heterocycles. The van der Waals surface area contributed by atoms with E-state index in [9.17, 15) is 5.11 Å². The minimum atomic E-state index is -0.565. The molecule has 0 spiro atoms. The van der Waals surface area contributed by atoms with Gasteiger partial charge in [-0.15, -0.1) is 11.3 Å². The summed E-state index contributed by atoms with van der Waals surface area (Å²) in [7, 11) is 0. The molecule has 0 radical (unpaired) electrons. The number of nitrogens with one attached hydrogen (secondary N) is 1. The van der Waals surface area contributed by atoms with E-state index in [1.54, 1.807) is 23.7 Å². The Morgan fingerprint density at radius 1 is 1.00 bits per heavy atom. The molecule has 0 bridgehead atoms. The van der Waals surface area contributed by atoms with Gasteiger partial charge in [-0.2, -0.15) is 0 Å². The van der Waals surface area contributed by atoms with Crippen molar-refractivity contribution in [2.75, 3.05) is 0 Å². The van der Waals surface area contributed by atoms with E-state index >= 15 is 0 Å². The van der Waals surface area contributed by atoms with Crippen molar-refractivity contribution in [1.82, 2.24) is 15.0 Å². The van der Waals surface area contributed by atoms with Gasteiger partial charge in [0.2, 0.25) is 0 Å². The fraction of sp³-hybridized carbons (Fsp3) is 0.143. The van der Waals surface area contributed by atoms with E-state index in [1.807, 2.05) is 48.0 Å². The minimum absolute atomic E-state index is 0.186. The molecule has 4 aromatic rings. The molecular formula is C21H19N3OS. The van der Waals surface area contributed by atoms with Crippen LogP contribution in [-0.2, 0) is 0 Å². The van der Waals surface area contributed by atoms with Gasteiger partial charge in [0.1, 0.15) is 11.9 Å². The first kappa shape index (κ1) is 16.7. The highest BCUT2D eigenvalue weighted by atomic mass is 32.1. The number of thiophene rings is 1. The summed E-state index contributed by atoms with van der Waals surface area (Å²) in [6.07, 6.45) is 4.84. The lowest BCUT2D eigenvalue weighted by Gasteiger charge is -2.13. The van der Waals surface area contributed by atoms with E-state index in [0.29, 0.717) is 0 Å². The van der Waals surface area contributed by atoms with Crippen LogP contribution in [0.4, 0.5) is 0 Å². The number of nitrogens with zero attached hydrogens (tertiary/aromatic N) is 2. The Morgan fingerprint density at radius 3 is 2.42 bits per heavy atom. The molecule has 0 fully saturated rings. The quantitative estimate of drug-likeness (QED) is 0.538. The third-order valence-corrected chi connectivity index (χ3v) is 5.51. The summed E-state index contributed by atoms with van der Waals surface area (Å²) in [5, 5.41) is 12.4. The lowest BCUT2D eigenvalue weighted by Crippen LogP contribution is -2.00. The Balaban J connectivity index is 1.53. The number of aromatic nitrogens is 3. The third kappa shape index (κ3) is 3.31. The van der Waals surface area contributed by atoms with Crippen LogP contribution in [0, 0.1) is 0 Å². The number of pyridine rings is 1. The molecule has 5 heteroatoms. The van der Waals surface area contributed by atoms with Crippen LogP contribution in [0.1, 0.15) is 40.6 Å². The molecule has 0 aliphatic heterocycles. The number of H-pyrrole nitrogens is 1. The smallest absolute Gasteiger partial charge is 0.137 e. The summed E-state index contributed by atoms with van der Waals surface area (Å²) in [5.41, 5.74) is 4.17. The summed E-state index contributed by atoms with van der Waals surface area (Å²) in [5.74, 6) is 1.03. The number of aliphatic hydroxyl groups is 1. The fourth-order valence-electron chi connectivity index (χ4n) is 2.97. The molecule has 4 nitrogen and oxygen atoms in total. The zero-order valence-electron chi connectivity index (χ0n) is 14.3. The number of imidazole rings is 1. The van der Waals surface area contributed by atoms with Crippen LogP contribution in [0.15, 0.2) is 72.5 Å². The van der Waals surface area contributed by atoms with Gasteiger partial charge in [0.05, 0.1) is 0 Å². The molecule has 130 valence electrons. The first-order chi connectivity index (χ1) is 12.7. The van der Waals surface area contributed by atoms with Gasteiger partial charge in [-0.05, 0) is 34.7 Å². The van der Waals surface area contributed by atoms with Gasteiger partial charge >= 0.3 is 0 Å². The summed E-state index contributed by atoms with van der Waals surface area (Å²) in [4.78, 5) is 12.9. The Labute approximate surface area is 156 Å². The van der Waals surface area contributed by atoms with E-state index in [-0.39, 0.29) is 5.92 Å². The lowest BCUT2D eigenvalue weighted by atomic mass is 9.96. The number of aliphatic hydroxyl groups excluding tert-OH is 1. The SMILES string of the molecule is CC(c1ccc(C(O)c2cccs2)cc1)c1cnc(-c2ccncc2)[nH]1. The van der Waals surface area contributed by atoms with Crippen molar-refractivity contribution in [3.63, 3.8) is 0 Å².